The molecule has 1 aliphatic heterocycles. The van der Waals surface area contributed by atoms with Gasteiger partial charge in [-0.2, -0.15) is 0 Å². The first-order chi connectivity index (χ1) is 10.1. The van der Waals surface area contributed by atoms with Crippen molar-refractivity contribution in [1.29, 1.82) is 0 Å². The highest BCUT2D eigenvalue weighted by atomic mass is 16.5. The Kier molecular flexibility index (Phi) is 4.99. The molecular weight excluding hydrogens is 274 g/mol. The van der Waals surface area contributed by atoms with E-state index in [1.165, 1.54) is 0 Å². The highest BCUT2D eigenvalue weighted by molar-refractivity contribution is 6.00. The van der Waals surface area contributed by atoms with Crippen LogP contribution in [-0.2, 0) is 14.3 Å². The molecule has 0 aromatic heterocycles. The highest BCUT2D eigenvalue weighted by Crippen LogP contribution is 2.35. The molecular formula is C14H19N3O4. The second kappa shape index (κ2) is 6.94. The van der Waals surface area contributed by atoms with Crippen LogP contribution in [-0.4, -0.2) is 31.6 Å². The van der Waals surface area contributed by atoms with E-state index in [0.717, 1.165) is 6.42 Å². The van der Waals surface area contributed by atoms with Gasteiger partial charge in [-0.1, -0.05) is 6.92 Å². The summed E-state index contributed by atoms with van der Waals surface area (Å²) in [5.41, 5.74) is 7.19. The lowest BCUT2D eigenvalue weighted by Gasteiger charge is -2.20. The minimum Gasteiger partial charge on any atom is -0.482 e. The first-order valence-electron chi connectivity index (χ1n) is 6.84. The van der Waals surface area contributed by atoms with Crippen LogP contribution in [0.25, 0.3) is 0 Å². The number of carbonyl (C=O) groups excluding carboxylic acids is 2. The van der Waals surface area contributed by atoms with Crippen LogP contribution in [0.3, 0.4) is 0 Å². The summed E-state index contributed by atoms with van der Waals surface area (Å²) in [6.45, 7) is 2.97. The number of nitrogen functional groups attached to an aromatic ring is 1. The maximum atomic E-state index is 11.8. The van der Waals surface area contributed by atoms with Crippen LogP contribution < -0.4 is 21.1 Å². The molecule has 0 unspecified atom stereocenters. The fourth-order valence-electron chi connectivity index (χ4n) is 1.87. The molecule has 1 aliphatic rings. The molecule has 2 rings (SSSR count). The Morgan fingerprint density at radius 2 is 2.29 bits per heavy atom. The van der Waals surface area contributed by atoms with Crippen molar-refractivity contribution in [3.05, 3.63) is 12.1 Å². The minimum absolute atomic E-state index is 0.0348. The van der Waals surface area contributed by atoms with Crippen LogP contribution in [0.2, 0.25) is 0 Å². The lowest BCUT2D eigenvalue weighted by Crippen LogP contribution is -2.25. The van der Waals surface area contributed by atoms with Crippen molar-refractivity contribution >= 4 is 28.9 Å². The van der Waals surface area contributed by atoms with Gasteiger partial charge >= 0.3 is 0 Å². The first kappa shape index (κ1) is 15.1. The van der Waals surface area contributed by atoms with Crippen molar-refractivity contribution in [3.8, 4) is 5.75 Å². The summed E-state index contributed by atoms with van der Waals surface area (Å²) in [5, 5.41) is 5.37. The molecule has 114 valence electrons. The summed E-state index contributed by atoms with van der Waals surface area (Å²) < 4.78 is 10.5. The van der Waals surface area contributed by atoms with Gasteiger partial charge in [-0.15, -0.1) is 0 Å². The number of fused-ring (bicyclic) bond motifs is 1. The molecule has 0 bridgehead atoms. The van der Waals surface area contributed by atoms with E-state index in [0.29, 0.717) is 36.0 Å². The van der Waals surface area contributed by atoms with Crippen molar-refractivity contribution in [2.75, 3.05) is 36.2 Å². The number of hydrogen-bond donors (Lipinski definition) is 3. The Balaban J connectivity index is 1.98. The molecule has 0 aliphatic carbocycles. The predicted octanol–water partition coefficient (Wildman–Crippen LogP) is 1.35. The molecule has 0 spiro atoms. The van der Waals surface area contributed by atoms with Crippen LogP contribution in [0.1, 0.15) is 19.8 Å². The van der Waals surface area contributed by atoms with Gasteiger partial charge in [-0.05, 0) is 12.5 Å². The average molecular weight is 293 g/mol. The average Bonchev–Trinajstić information content (AvgIpc) is 2.45. The normalized spacial score (nSPS) is 13.1. The highest BCUT2D eigenvalue weighted by Gasteiger charge is 2.18. The molecule has 0 saturated heterocycles. The van der Waals surface area contributed by atoms with Gasteiger partial charge in [-0.25, -0.2) is 0 Å². The lowest BCUT2D eigenvalue weighted by atomic mass is 10.2. The molecule has 0 atom stereocenters. The van der Waals surface area contributed by atoms with E-state index in [-0.39, 0.29) is 24.8 Å². The molecule has 0 radical (unpaired) electrons. The number of benzene rings is 1. The van der Waals surface area contributed by atoms with Crippen LogP contribution in [0.4, 0.5) is 17.1 Å². The van der Waals surface area contributed by atoms with Crippen LogP contribution in [0, 0.1) is 0 Å². The lowest BCUT2D eigenvalue weighted by molar-refractivity contribution is -0.118. The SMILES string of the molecule is CCCOCCC(=O)Nc1cc2c(cc1N)OCC(=O)N2. The number of hydrogen-bond acceptors (Lipinski definition) is 5. The summed E-state index contributed by atoms with van der Waals surface area (Å²) in [7, 11) is 0. The van der Waals surface area contributed by atoms with E-state index in [1.54, 1.807) is 12.1 Å². The fourth-order valence-corrected chi connectivity index (χ4v) is 1.87. The summed E-state index contributed by atoms with van der Waals surface area (Å²) in [6.07, 6.45) is 1.17. The van der Waals surface area contributed by atoms with Crippen molar-refractivity contribution in [3.63, 3.8) is 0 Å². The molecule has 7 nitrogen and oxygen atoms in total. The second-order valence-electron chi connectivity index (χ2n) is 4.68. The van der Waals surface area contributed by atoms with Gasteiger partial charge in [0.25, 0.3) is 5.91 Å². The Morgan fingerprint density at radius 1 is 1.48 bits per heavy atom. The molecule has 1 aromatic rings. The number of carbonyl (C=O) groups is 2. The molecule has 1 heterocycles. The Morgan fingerprint density at radius 3 is 3.05 bits per heavy atom. The summed E-state index contributed by atoms with van der Waals surface area (Å²) >= 11 is 0. The molecule has 4 N–H and O–H groups in total. The van der Waals surface area contributed by atoms with E-state index in [1.807, 2.05) is 6.92 Å². The zero-order valence-electron chi connectivity index (χ0n) is 11.9. The van der Waals surface area contributed by atoms with E-state index in [4.69, 9.17) is 15.2 Å². The Labute approximate surface area is 122 Å². The zero-order valence-corrected chi connectivity index (χ0v) is 11.9. The molecule has 0 saturated carbocycles. The molecule has 0 fully saturated rings. The van der Waals surface area contributed by atoms with Crippen LogP contribution >= 0.6 is 0 Å². The van der Waals surface area contributed by atoms with Gasteiger partial charge in [0.05, 0.1) is 30.1 Å². The molecule has 21 heavy (non-hydrogen) atoms. The topological polar surface area (TPSA) is 103 Å². The van der Waals surface area contributed by atoms with Gasteiger partial charge in [0, 0.05) is 12.7 Å². The van der Waals surface area contributed by atoms with Crippen LogP contribution in [0.5, 0.6) is 5.75 Å². The smallest absolute Gasteiger partial charge is 0.262 e. The van der Waals surface area contributed by atoms with Crippen LogP contribution in [0.15, 0.2) is 12.1 Å². The third-order valence-corrected chi connectivity index (χ3v) is 2.88. The standard InChI is InChI=1S/C14H19N3O4/c1-2-4-20-5-3-13(18)16-10-7-11-12(6-9(10)15)21-8-14(19)17-11/h6-7H,2-5,8,15H2,1H3,(H,16,18)(H,17,19). The third-order valence-electron chi connectivity index (χ3n) is 2.88. The number of ether oxygens (including phenoxy) is 2. The van der Waals surface area contributed by atoms with Crippen molar-refractivity contribution < 1.29 is 19.1 Å². The second-order valence-corrected chi connectivity index (χ2v) is 4.68. The number of nitrogens with one attached hydrogen (secondary N) is 2. The van der Waals surface area contributed by atoms with E-state index in [9.17, 15) is 9.59 Å². The van der Waals surface area contributed by atoms with Gasteiger partial charge in [-0.3, -0.25) is 9.59 Å². The molecule has 1 aromatic carbocycles. The molecule has 2 amide bonds. The van der Waals surface area contributed by atoms with E-state index in [2.05, 4.69) is 10.6 Å². The summed E-state index contributed by atoms with van der Waals surface area (Å²) in [6, 6.07) is 3.17. The van der Waals surface area contributed by atoms with Crippen molar-refractivity contribution in [2.45, 2.75) is 19.8 Å². The number of rotatable bonds is 6. The number of anilines is 3. The summed E-state index contributed by atoms with van der Waals surface area (Å²) in [5.74, 6) is 0.0645. The van der Waals surface area contributed by atoms with Gasteiger partial charge < -0.3 is 25.8 Å². The molecule has 7 heteroatoms. The van der Waals surface area contributed by atoms with Crippen molar-refractivity contribution in [2.24, 2.45) is 0 Å². The number of nitrogens with two attached hydrogens (primary N) is 1. The number of amides is 2. The van der Waals surface area contributed by atoms with Gasteiger partial charge in [0.2, 0.25) is 5.91 Å². The predicted molar refractivity (Wildman–Crippen MR) is 79.3 cm³/mol. The van der Waals surface area contributed by atoms with E-state index < -0.39 is 0 Å². The first-order valence-corrected chi connectivity index (χ1v) is 6.84. The zero-order chi connectivity index (χ0) is 15.2. The Bertz CT molecular complexity index is 545. The van der Waals surface area contributed by atoms with Gasteiger partial charge in [0.1, 0.15) is 5.75 Å². The monoisotopic (exact) mass is 293 g/mol. The third kappa shape index (κ3) is 4.09. The fraction of sp³-hybridized carbons (Fsp3) is 0.429. The maximum absolute atomic E-state index is 11.8. The van der Waals surface area contributed by atoms with E-state index >= 15 is 0 Å². The quantitative estimate of drug-likeness (QED) is 0.543. The Hall–Kier alpha value is -2.28. The van der Waals surface area contributed by atoms with Crippen molar-refractivity contribution in [1.82, 2.24) is 0 Å². The minimum atomic E-state index is -0.238. The van der Waals surface area contributed by atoms with Gasteiger partial charge in [0.15, 0.2) is 6.61 Å². The summed E-state index contributed by atoms with van der Waals surface area (Å²) in [4.78, 5) is 23.1. The maximum Gasteiger partial charge on any atom is 0.262 e. The largest absolute Gasteiger partial charge is 0.482 e.